The Morgan fingerprint density at radius 1 is 1.24 bits per heavy atom. The van der Waals surface area contributed by atoms with Crippen LogP contribution < -0.4 is 5.32 Å². The smallest absolute Gasteiger partial charge is 0.220 e. The maximum atomic E-state index is 11.9. The van der Waals surface area contributed by atoms with Gasteiger partial charge in [-0.2, -0.15) is 0 Å². The molecule has 1 fully saturated rings. The van der Waals surface area contributed by atoms with Crippen LogP contribution in [-0.2, 0) is 4.79 Å². The lowest BCUT2D eigenvalue weighted by molar-refractivity contribution is -0.125. The fourth-order valence-electron chi connectivity index (χ4n) is 2.44. The summed E-state index contributed by atoms with van der Waals surface area (Å²) in [7, 11) is 0. The topological polar surface area (TPSA) is 69.6 Å². The molecule has 0 aromatic rings. The van der Waals surface area contributed by atoms with Crippen LogP contribution in [0.3, 0.4) is 0 Å². The van der Waals surface area contributed by atoms with Gasteiger partial charge in [0.1, 0.15) is 0 Å². The summed E-state index contributed by atoms with van der Waals surface area (Å²) in [6.07, 6.45) is 7.05. The fraction of sp³-hybridized carbons (Fsp3) is 0.923. The van der Waals surface area contributed by atoms with Crippen molar-refractivity contribution in [3.05, 3.63) is 0 Å². The molecule has 0 bridgehead atoms. The third-order valence-corrected chi connectivity index (χ3v) is 3.89. The first-order valence-corrected chi connectivity index (χ1v) is 6.68. The predicted octanol–water partition coefficient (Wildman–Crippen LogP) is 1.21. The normalized spacial score (nSPS) is 18.1. The van der Waals surface area contributed by atoms with Crippen LogP contribution in [0.4, 0.5) is 0 Å². The number of aliphatic hydroxyl groups is 2. The van der Waals surface area contributed by atoms with E-state index in [1.807, 2.05) is 6.92 Å². The molecule has 4 heteroatoms. The van der Waals surface area contributed by atoms with Crippen molar-refractivity contribution < 1.29 is 15.0 Å². The van der Waals surface area contributed by atoms with Gasteiger partial charge in [-0.15, -0.1) is 0 Å². The van der Waals surface area contributed by atoms with Crippen molar-refractivity contribution in [3.8, 4) is 0 Å². The molecule has 100 valence electrons. The average Bonchev–Trinajstić information content (AvgIpc) is 2.37. The number of aliphatic hydroxyl groups excluding tert-OH is 2. The van der Waals surface area contributed by atoms with Crippen molar-refractivity contribution in [1.29, 1.82) is 0 Å². The van der Waals surface area contributed by atoms with Crippen LogP contribution in [-0.4, -0.2) is 34.9 Å². The van der Waals surface area contributed by atoms with Crippen molar-refractivity contribution in [2.75, 3.05) is 13.2 Å². The molecule has 3 N–H and O–H groups in total. The summed E-state index contributed by atoms with van der Waals surface area (Å²) in [5.74, 6) is 0.442. The maximum Gasteiger partial charge on any atom is 0.220 e. The molecular formula is C13H25NO3. The number of hydrogen-bond donors (Lipinski definition) is 3. The largest absolute Gasteiger partial charge is 0.394 e. The zero-order valence-electron chi connectivity index (χ0n) is 10.7. The molecule has 0 atom stereocenters. The second-order valence-corrected chi connectivity index (χ2v) is 5.21. The second-order valence-electron chi connectivity index (χ2n) is 5.21. The molecule has 0 unspecified atom stereocenters. The fourth-order valence-corrected chi connectivity index (χ4v) is 2.44. The maximum absolute atomic E-state index is 11.9. The lowest BCUT2D eigenvalue weighted by Gasteiger charge is -2.31. The van der Waals surface area contributed by atoms with Crippen LogP contribution in [0.15, 0.2) is 0 Å². The van der Waals surface area contributed by atoms with Gasteiger partial charge in [0.25, 0.3) is 0 Å². The quantitative estimate of drug-likeness (QED) is 0.656. The molecule has 0 spiro atoms. The standard InChI is InChI=1S/C13H25NO3/c1-2-13(9-15,10-16)14-12(17)8-11-6-4-3-5-7-11/h11,15-16H,2-10H2,1H3,(H,14,17). The van der Waals surface area contributed by atoms with Crippen molar-refractivity contribution >= 4 is 5.91 Å². The van der Waals surface area contributed by atoms with Crippen LogP contribution in [0.5, 0.6) is 0 Å². The monoisotopic (exact) mass is 243 g/mol. The number of hydrogen-bond acceptors (Lipinski definition) is 3. The van der Waals surface area contributed by atoms with Gasteiger partial charge in [-0.05, 0) is 25.2 Å². The molecule has 0 radical (unpaired) electrons. The number of nitrogens with one attached hydrogen (secondary N) is 1. The third-order valence-electron chi connectivity index (χ3n) is 3.89. The van der Waals surface area contributed by atoms with Crippen LogP contribution >= 0.6 is 0 Å². The summed E-state index contributed by atoms with van der Waals surface area (Å²) in [4.78, 5) is 11.9. The lowest BCUT2D eigenvalue weighted by Crippen LogP contribution is -2.54. The summed E-state index contributed by atoms with van der Waals surface area (Å²) in [6, 6.07) is 0. The highest BCUT2D eigenvalue weighted by atomic mass is 16.3. The van der Waals surface area contributed by atoms with Gasteiger partial charge < -0.3 is 15.5 Å². The lowest BCUT2D eigenvalue weighted by atomic mass is 9.86. The van der Waals surface area contributed by atoms with Gasteiger partial charge in [-0.1, -0.05) is 26.2 Å². The summed E-state index contributed by atoms with van der Waals surface area (Å²) < 4.78 is 0. The van der Waals surface area contributed by atoms with Gasteiger partial charge in [-0.25, -0.2) is 0 Å². The summed E-state index contributed by atoms with van der Waals surface area (Å²) in [6.45, 7) is 1.43. The molecule has 4 nitrogen and oxygen atoms in total. The molecule has 0 heterocycles. The first-order chi connectivity index (χ1) is 8.15. The zero-order valence-corrected chi connectivity index (χ0v) is 10.7. The molecular weight excluding hydrogens is 218 g/mol. The third kappa shape index (κ3) is 4.28. The Labute approximate surface area is 103 Å². The van der Waals surface area contributed by atoms with E-state index in [1.165, 1.54) is 19.3 Å². The number of carbonyl (C=O) groups excluding carboxylic acids is 1. The van der Waals surface area contributed by atoms with Gasteiger partial charge in [0.15, 0.2) is 0 Å². The zero-order chi connectivity index (χ0) is 12.7. The van der Waals surface area contributed by atoms with Crippen LogP contribution in [0.2, 0.25) is 0 Å². The molecule has 1 aliphatic rings. The minimum absolute atomic E-state index is 0.0400. The van der Waals surface area contributed by atoms with E-state index < -0.39 is 5.54 Å². The first kappa shape index (κ1) is 14.5. The predicted molar refractivity (Wildman–Crippen MR) is 66.5 cm³/mol. The van der Waals surface area contributed by atoms with E-state index in [2.05, 4.69) is 5.32 Å². The summed E-state index contributed by atoms with van der Waals surface area (Å²) >= 11 is 0. The highest BCUT2D eigenvalue weighted by Crippen LogP contribution is 2.26. The van der Waals surface area contributed by atoms with Crippen molar-refractivity contribution in [2.45, 2.75) is 57.4 Å². The molecule has 0 aromatic heterocycles. The van der Waals surface area contributed by atoms with Crippen molar-refractivity contribution in [1.82, 2.24) is 5.32 Å². The van der Waals surface area contributed by atoms with Gasteiger partial charge >= 0.3 is 0 Å². The molecule has 1 aliphatic carbocycles. The number of rotatable bonds is 6. The molecule has 1 amide bonds. The molecule has 0 aliphatic heterocycles. The second kappa shape index (κ2) is 6.97. The Kier molecular flexibility index (Phi) is 5.92. The minimum atomic E-state index is -0.842. The highest BCUT2D eigenvalue weighted by molar-refractivity contribution is 5.77. The summed E-state index contributed by atoms with van der Waals surface area (Å²) in [5, 5.41) is 21.3. The van der Waals surface area contributed by atoms with E-state index in [4.69, 9.17) is 0 Å². The van der Waals surface area contributed by atoms with Crippen molar-refractivity contribution in [3.63, 3.8) is 0 Å². The Morgan fingerprint density at radius 2 is 1.82 bits per heavy atom. The van der Waals surface area contributed by atoms with E-state index >= 15 is 0 Å². The first-order valence-electron chi connectivity index (χ1n) is 6.68. The van der Waals surface area contributed by atoms with E-state index in [1.54, 1.807) is 0 Å². The van der Waals surface area contributed by atoms with E-state index in [0.717, 1.165) is 12.8 Å². The van der Waals surface area contributed by atoms with Crippen LogP contribution in [0, 0.1) is 5.92 Å². The molecule has 1 rings (SSSR count). The number of carbonyl (C=O) groups is 1. The minimum Gasteiger partial charge on any atom is -0.394 e. The van der Waals surface area contributed by atoms with Gasteiger partial charge in [-0.3, -0.25) is 4.79 Å². The average molecular weight is 243 g/mol. The van der Waals surface area contributed by atoms with Crippen LogP contribution in [0.25, 0.3) is 0 Å². The summed E-state index contributed by atoms with van der Waals surface area (Å²) in [5.41, 5.74) is -0.842. The highest BCUT2D eigenvalue weighted by Gasteiger charge is 2.29. The van der Waals surface area contributed by atoms with E-state index in [0.29, 0.717) is 18.8 Å². The Hall–Kier alpha value is -0.610. The van der Waals surface area contributed by atoms with Crippen molar-refractivity contribution in [2.24, 2.45) is 5.92 Å². The molecule has 17 heavy (non-hydrogen) atoms. The molecule has 1 saturated carbocycles. The van der Waals surface area contributed by atoms with Gasteiger partial charge in [0.05, 0.1) is 18.8 Å². The molecule has 0 saturated heterocycles. The Balaban J connectivity index is 2.41. The van der Waals surface area contributed by atoms with Gasteiger partial charge in [0.2, 0.25) is 5.91 Å². The van der Waals surface area contributed by atoms with E-state index in [9.17, 15) is 15.0 Å². The van der Waals surface area contributed by atoms with Crippen LogP contribution in [0.1, 0.15) is 51.9 Å². The van der Waals surface area contributed by atoms with Gasteiger partial charge in [0, 0.05) is 6.42 Å². The SMILES string of the molecule is CCC(CO)(CO)NC(=O)CC1CCCCC1. The Morgan fingerprint density at radius 3 is 2.29 bits per heavy atom. The van der Waals surface area contributed by atoms with E-state index in [-0.39, 0.29) is 19.1 Å². The Bertz CT molecular complexity index is 225. The molecule has 0 aromatic carbocycles. The number of amides is 1.